The SMILES string of the molecule is O=C(COc1ccc(S(=O)(=O)N2CCCCCC2)cc1)NCCc1ccc(S(=O)(=O)N2CCCC2)cc1. The van der Waals surface area contributed by atoms with Gasteiger partial charge in [0.25, 0.3) is 5.91 Å². The Morgan fingerprint density at radius 2 is 1.16 bits per heavy atom. The Hall–Kier alpha value is -2.47. The molecular weight excluding hydrogens is 514 g/mol. The highest BCUT2D eigenvalue weighted by Crippen LogP contribution is 2.23. The Labute approximate surface area is 219 Å². The number of hydrogen-bond donors (Lipinski definition) is 1. The van der Waals surface area contributed by atoms with Crippen LogP contribution in [0.4, 0.5) is 0 Å². The second-order valence-electron chi connectivity index (χ2n) is 9.43. The molecule has 0 spiro atoms. The molecule has 2 heterocycles. The molecular formula is C26H35N3O6S2. The van der Waals surface area contributed by atoms with Gasteiger partial charge in [0.1, 0.15) is 5.75 Å². The van der Waals surface area contributed by atoms with Crippen LogP contribution in [0, 0.1) is 0 Å². The number of sulfonamides is 2. The molecule has 2 saturated heterocycles. The first kappa shape index (κ1) is 27.6. The molecule has 9 nitrogen and oxygen atoms in total. The molecule has 2 aromatic rings. The normalized spacial score (nSPS) is 17.8. The number of hydrogen-bond acceptors (Lipinski definition) is 6. The van der Waals surface area contributed by atoms with Crippen molar-refractivity contribution in [3.05, 3.63) is 54.1 Å². The molecule has 2 aliphatic rings. The topological polar surface area (TPSA) is 113 Å². The van der Waals surface area contributed by atoms with Crippen LogP contribution in [0.1, 0.15) is 44.1 Å². The fourth-order valence-electron chi connectivity index (χ4n) is 4.59. The van der Waals surface area contributed by atoms with Gasteiger partial charge in [-0.25, -0.2) is 16.8 Å². The average Bonchev–Trinajstić information content (AvgIpc) is 3.31. The highest BCUT2D eigenvalue weighted by Gasteiger charge is 2.27. The molecule has 2 aliphatic heterocycles. The van der Waals surface area contributed by atoms with Crippen LogP contribution in [0.5, 0.6) is 5.75 Å². The van der Waals surface area contributed by atoms with Crippen molar-refractivity contribution < 1.29 is 26.4 Å². The molecule has 0 aliphatic carbocycles. The van der Waals surface area contributed by atoms with Crippen LogP contribution < -0.4 is 10.1 Å². The lowest BCUT2D eigenvalue weighted by atomic mass is 10.1. The van der Waals surface area contributed by atoms with E-state index >= 15 is 0 Å². The van der Waals surface area contributed by atoms with Crippen molar-refractivity contribution in [1.82, 2.24) is 13.9 Å². The summed E-state index contributed by atoms with van der Waals surface area (Å²) in [5.74, 6) is 0.120. The van der Waals surface area contributed by atoms with E-state index in [1.807, 2.05) is 0 Å². The van der Waals surface area contributed by atoms with Crippen LogP contribution in [0.3, 0.4) is 0 Å². The van der Waals surface area contributed by atoms with Gasteiger partial charge in [0.15, 0.2) is 6.61 Å². The van der Waals surface area contributed by atoms with Gasteiger partial charge in [-0.1, -0.05) is 25.0 Å². The number of nitrogens with one attached hydrogen (secondary N) is 1. The van der Waals surface area contributed by atoms with E-state index < -0.39 is 20.0 Å². The molecule has 11 heteroatoms. The summed E-state index contributed by atoms with van der Waals surface area (Å²) in [6, 6.07) is 12.9. The maximum absolute atomic E-state index is 12.9. The molecule has 0 radical (unpaired) electrons. The zero-order valence-electron chi connectivity index (χ0n) is 21.0. The Morgan fingerprint density at radius 1 is 0.703 bits per heavy atom. The van der Waals surface area contributed by atoms with E-state index in [-0.39, 0.29) is 17.4 Å². The van der Waals surface area contributed by atoms with E-state index in [2.05, 4.69) is 5.32 Å². The van der Waals surface area contributed by atoms with Gasteiger partial charge >= 0.3 is 0 Å². The Balaban J connectivity index is 1.21. The summed E-state index contributed by atoms with van der Waals surface area (Å²) in [7, 11) is -6.95. The predicted octanol–water partition coefficient (Wildman–Crippen LogP) is 2.77. The van der Waals surface area contributed by atoms with Gasteiger partial charge in [-0.05, 0) is 74.1 Å². The van der Waals surface area contributed by atoms with Crippen molar-refractivity contribution in [1.29, 1.82) is 0 Å². The molecule has 0 saturated carbocycles. The highest BCUT2D eigenvalue weighted by atomic mass is 32.2. The van der Waals surface area contributed by atoms with E-state index in [0.29, 0.717) is 49.8 Å². The molecule has 0 bridgehead atoms. The third-order valence-electron chi connectivity index (χ3n) is 6.76. The number of benzene rings is 2. The predicted molar refractivity (Wildman–Crippen MR) is 140 cm³/mol. The van der Waals surface area contributed by atoms with E-state index in [4.69, 9.17) is 4.74 Å². The minimum absolute atomic E-state index is 0.189. The number of amides is 1. The van der Waals surface area contributed by atoms with Gasteiger partial charge < -0.3 is 10.1 Å². The van der Waals surface area contributed by atoms with E-state index in [1.165, 1.54) is 16.4 Å². The van der Waals surface area contributed by atoms with Crippen molar-refractivity contribution in [3.63, 3.8) is 0 Å². The monoisotopic (exact) mass is 549 g/mol. The maximum atomic E-state index is 12.9. The molecule has 0 aromatic heterocycles. The van der Waals surface area contributed by atoms with Crippen LogP contribution in [0.15, 0.2) is 58.3 Å². The van der Waals surface area contributed by atoms with Gasteiger partial charge in [-0.15, -0.1) is 0 Å². The third-order valence-corrected chi connectivity index (χ3v) is 10.6. The third kappa shape index (κ3) is 7.10. The van der Waals surface area contributed by atoms with E-state index in [9.17, 15) is 21.6 Å². The lowest BCUT2D eigenvalue weighted by Crippen LogP contribution is -2.32. The fourth-order valence-corrected chi connectivity index (χ4v) is 7.62. The number of carbonyl (C=O) groups excluding carboxylic acids is 1. The minimum Gasteiger partial charge on any atom is -0.484 e. The summed E-state index contributed by atoms with van der Waals surface area (Å²) in [6.07, 6.45) is 6.20. The molecule has 0 unspecified atom stereocenters. The smallest absolute Gasteiger partial charge is 0.257 e. The first-order valence-corrected chi connectivity index (χ1v) is 15.7. The second-order valence-corrected chi connectivity index (χ2v) is 13.3. The summed E-state index contributed by atoms with van der Waals surface area (Å²) in [5.41, 5.74) is 0.919. The van der Waals surface area contributed by atoms with Gasteiger partial charge in [-0.2, -0.15) is 8.61 Å². The van der Waals surface area contributed by atoms with Gasteiger partial charge in [0.05, 0.1) is 9.79 Å². The standard InChI is InChI=1S/C26H35N3O6S2/c30-26(27-16-15-22-7-11-24(12-8-22)36(31,32)29-19-5-6-20-29)21-35-23-9-13-25(14-10-23)37(33,34)28-17-3-1-2-4-18-28/h7-14H,1-6,15-21H2,(H,27,30). The molecule has 1 amide bonds. The van der Waals surface area contributed by atoms with Crippen molar-refractivity contribution >= 4 is 26.0 Å². The Bertz CT molecular complexity index is 1250. The van der Waals surface area contributed by atoms with Crippen molar-refractivity contribution in [2.75, 3.05) is 39.3 Å². The molecule has 202 valence electrons. The highest BCUT2D eigenvalue weighted by molar-refractivity contribution is 7.89. The number of carbonyl (C=O) groups is 1. The molecule has 0 atom stereocenters. The summed E-state index contributed by atoms with van der Waals surface area (Å²) in [6.45, 7) is 2.42. The van der Waals surface area contributed by atoms with Crippen molar-refractivity contribution in [3.8, 4) is 5.75 Å². The maximum Gasteiger partial charge on any atom is 0.257 e. The summed E-state index contributed by atoms with van der Waals surface area (Å²) >= 11 is 0. The lowest BCUT2D eigenvalue weighted by molar-refractivity contribution is -0.123. The van der Waals surface area contributed by atoms with Crippen LogP contribution in [-0.4, -0.2) is 70.7 Å². The molecule has 2 aromatic carbocycles. The van der Waals surface area contributed by atoms with Gasteiger partial charge in [0, 0.05) is 32.7 Å². The van der Waals surface area contributed by atoms with Crippen LogP contribution in [-0.2, 0) is 31.3 Å². The van der Waals surface area contributed by atoms with Crippen LogP contribution in [0.25, 0.3) is 0 Å². The summed E-state index contributed by atoms with van der Waals surface area (Å²) in [5, 5.41) is 2.78. The molecule has 2 fully saturated rings. The van der Waals surface area contributed by atoms with Crippen molar-refractivity contribution in [2.24, 2.45) is 0 Å². The average molecular weight is 550 g/mol. The van der Waals surface area contributed by atoms with Crippen LogP contribution >= 0.6 is 0 Å². The zero-order chi connectivity index (χ0) is 26.3. The lowest BCUT2D eigenvalue weighted by Gasteiger charge is -2.20. The molecule has 1 N–H and O–H groups in total. The van der Waals surface area contributed by atoms with Gasteiger partial charge in [-0.3, -0.25) is 4.79 Å². The largest absolute Gasteiger partial charge is 0.484 e. The number of ether oxygens (including phenoxy) is 1. The zero-order valence-corrected chi connectivity index (χ0v) is 22.6. The molecule has 37 heavy (non-hydrogen) atoms. The second kappa shape index (κ2) is 12.4. The van der Waals surface area contributed by atoms with Crippen molar-refractivity contribution in [2.45, 2.75) is 54.7 Å². The first-order valence-electron chi connectivity index (χ1n) is 12.9. The Kier molecular flexibility index (Phi) is 9.22. The fraction of sp³-hybridized carbons (Fsp3) is 0.500. The number of nitrogens with zero attached hydrogens (tertiary/aromatic N) is 2. The van der Waals surface area contributed by atoms with Crippen LogP contribution in [0.2, 0.25) is 0 Å². The molecule has 4 rings (SSSR count). The van der Waals surface area contributed by atoms with E-state index in [0.717, 1.165) is 44.1 Å². The quantitative estimate of drug-likeness (QED) is 0.488. The minimum atomic E-state index is -3.52. The van der Waals surface area contributed by atoms with Gasteiger partial charge in [0.2, 0.25) is 20.0 Å². The van der Waals surface area contributed by atoms with E-state index in [1.54, 1.807) is 40.7 Å². The summed E-state index contributed by atoms with van der Waals surface area (Å²) < 4.78 is 59.5. The number of rotatable bonds is 10. The summed E-state index contributed by atoms with van der Waals surface area (Å²) in [4.78, 5) is 12.7. The first-order chi connectivity index (χ1) is 17.8. The Morgan fingerprint density at radius 3 is 1.68 bits per heavy atom.